The largest absolute Gasteiger partial charge is 0.133 e. The smallest absolute Gasteiger partial charge is 0.0701 e. The Balaban J connectivity index is 2.37. The zero-order chi connectivity index (χ0) is 13.9. The summed E-state index contributed by atoms with van der Waals surface area (Å²) in [5.41, 5.74) is 1.29. The van der Waals surface area contributed by atoms with Crippen molar-refractivity contribution in [3.8, 4) is 0 Å². The maximum Gasteiger partial charge on any atom is 0.0701 e. The summed E-state index contributed by atoms with van der Waals surface area (Å²) in [5.74, 6) is 0. The molecule has 0 radical (unpaired) electrons. The van der Waals surface area contributed by atoms with E-state index in [0.717, 1.165) is 22.1 Å². The number of hydrogen-bond acceptors (Lipinski definition) is 1. The maximum absolute atomic E-state index is 6.14. The highest BCUT2D eigenvalue weighted by atomic mass is 79.9. The number of alkyl halides is 2. The van der Waals surface area contributed by atoms with Crippen molar-refractivity contribution in [1.82, 2.24) is 0 Å². The average Bonchev–Trinajstić information content (AvgIpc) is 2.81. The predicted octanol–water partition coefficient (Wildman–Crippen LogP) is 6.43. The van der Waals surface area contributed by atoms with Gasteiger partial charge in [0.1, 0.15) is 0 Å². The summed E-state index contributed by atoms with van der Waals surface area (Å²) >= 11 is 18.8. The highest BCUT2D eigenvalue weighted by Gasteiger charge is 2.31. The van der Waals surface area contributed by atoms with Gasteiger partial charge in [-0.05, 0) is 52.2 Å². The van der Waals surface area contributed by atoms with Crippen molar-refractivity contribution in [3.63, 3.8) is 0 Å². The molecule has 19 heavy (non-hydrogen) atoms. The Hall–Kier alpha value is 0.650. The minimum absolute atomic E-state index is 0.0230. The second-order valence-corrected chi connectivity index (χ2v) is 8.55. The molecule has 2 rings (SSSR count). The second-order valence-electron chi connectivity index (χ2n) is 4.44. The summed E-state index contributed by atoms with van der Waals surface area (Å²) in [7, 11) is 0. The van der Waals surface area contributed by atoms with E-state index in [1.807, 2.05) is 12.1 Å². The SMILES string of the molecule is Clc1cccc(C(CBr)(CBr)Cc2ccc(Br)s2)c1. The van der Waals surface area contributed by atoms with Crippen molar-refractivity contribution in [2.45, 2.75) is 11.8 Å². The molecule has 0 fully saturated rings. The Morgan fingerprint density at radius 2 is 1.84 bits per heavy atom. The Kier molecular flexibility index (Phi) is 5.97. The molecule has 0 aliphatic heterocycles. The molecular weight excluding hydrogens is 475 g/mol. The van der Waals surface area contributed by atoms with Crippen molar-refractivity contribution in [3.05, 3.63) is 55.6 Å². The van der Waals surface area contributed by atoms with Crippen molar-refractivity contribution in [2.75, 3.05) is 10.7 Å². The van der Waals surface area contributed by atoms with E-state index < -0.39 is 0 Å². The molecule has 0 atom stereocenters. The highest BCUT2D eigenvalue weighted by molar-refractivity contribution is 9.11. The van der Waals surface area contributed by atoms with E-state index in [2.05, 4.69) is 72.1 Å². The summed E-state index contributed by atoms with van der Waals surface area (Å²) < 4.78 is 1.17. The van der Waals surface area contributed by atoms with E-state index in [1.54, 1.807) is 11.3 Å². The lowest BCUT2D eigenvalue weighted by Crippen LogP contribution is -2.32. The molecule has 0 saturated carbocycles. The molecule has 0 spiro atoms. The van der Waals surface area contributed by atoms with Gasteiger partial charge in [-0.2, -0.15) is 0 Å². The van der Waals surface area contributed by atoms with E-state index in [-0.39, 0.29) is 5.41 Å². The lowest BCUT2D eigenvalue weighted by atomic mass is 9.81. The van der Waals surface area contributed by atoms with Gasteiger partial charge in [-0.1, -0.05) is 55.6 Å². The first-order valence-corrected chi connectivity index (χ1v) is 9.95. The third-order valence-electron chi connectivity index (χ3n) is 3.09. The molecule has 102 valence electrons. The van der Waals surface area contributed by atoms with Gasteiger partial charge in [0.2, 0.25) is 0 Å². The molecule has 0 bridgehead atoms. The van der Waals surface area contributed by atoms with Crippen LogP contribution in [0.15, 0.2) is 40.2 Å². The summed E-state index contributed by atoms with van der Waals surface area (Å²) in [6.07, 6.45) is 0.986. The monoisotopic (exact) mass is 484 g/mol. The Labute approximate surface area is 147 Å². The molecule has 5 heteroatoms. The number of hydrogen-bond donors (Lipinski definition) is 0. The molecule has 2 aromatic rings. The minimum Gasteiger partial charge on any atom is -0.133 e. The fourth-order valence-corrected chi connectivity index (χ4v) is 5.78. The topological polar surface area (TPSA) is 0 Å². The Morgan fingerprint density at radius 3 is 2.37 bits per heavy atom. The summed E-state index contributed by atoms with van der Waals surface area (Å²) in [4.78, 5) is 1.37. The molecule has 0 amide bonds. The van der Waals surface area contributed by atoms with Gasteiger partial charge in [0.25, 0.3) is 0 Å². The summed E-state index contributed by atoms with van der Waals surface area (Å²) in [6, 6.07) is 12.4. The summed E-state index contributed by atoms with van der Waals surface area (Å²) in [5, 5.41) is 2.57. The average molecular weight is 487 g/mol. The van der Waals surface area contributed by atoms with Gasteiger partial charge >= 0.3 is 0 Å². The Bertz CT molecular complexity index is 549. The molecule has 1 aromatic carbocycles. The van der Waals surface area contributed by atoms with Crippen LogP contribution in [0.4, 0.5) is 0 Å². The van der Waals surface area contributed by atoms with E-state index in [1.165, 1.54) is 14.2 Å². The van der Waals surface area contributed by atoms with Crippen molar-refractivity contribution >= 4 is 70.7 Å². The summed E-state index contributed by atoms with van der Waals surface area (Å²) in [6.45, 7) is 0. The van der Waals surface area contributed by atoms with E-state index in [0.29, 0.717) is 0 Å². The third-order valence-corrected chi connectivity index (χ3v) is 7.10. The van der Waals surface area contributed by atoms with Crippen LogP contribution in [-0.2, 0) is 11.8 Å². The quantitative estimate of drug-likeness (QED) is 0.426. The van der Waals surface area contributed by atoms with Crippen LogP contribution < -0.4 is 0 Å². The lowest BCUT2D eigenvalue weighted by Gasteiger charge is -2.30. The van der Waals surface area contributed by atoms with Gasteiger partial charge in [-0.15, -0.1) is 11.3 Å². The number of benzene rings is 1. The van der Waals surface area contributed by atoms with E-state index >= 15 is 0 Å². The first-order valence-electron chi connectivity index (χ1n) is 5.72. The number of thiophene rings is 1. The van der Waals surface area contributed by atoms with Crippen LogP contribution >= 0.6 is 70.7 Å². The standard InChI is InChI=1S/C14H12Br3ClS/c15-8-14(9-16,7-12-4-5-13(17)19-12)10-2-1-3-11(18)6-10/h1-6H,7-9H2. The molecule has 0 aliphatic carbocycles. The zero-order valence-corrected chi connectivity index (χ0v) is 16.3. The molecule has 0 unspecified atom stereocenters. The van der Waals surface area contributed by atoms with E-state index in [4.69, 9.17) is 11.6 Å². The normalized spacial score (nSPS) is 11.8. The van der Waals surface area contributed by atoms with Gasteiger partial charge in [0, 0.05) is 26.0 Å². The van der Waals surface area contributed by atoms with Gasteiger partial charge in [-0.25, -0.2) is 0 Å². The van der Waals surface area contributed by atoms with Crippen molar-refractivity contribution in [2.24, 2.45) is 0 Å². The van der Waals surface area contributed by atoms with Gasteiger partial charge in [0.05, 0.1) is 3.79 Å². The zero-order valence-electron chi connectivity index (χ0n) is 10.0. The van der Waals surface area contributed by atoms with Crippen LogP contribution in [0.5, 0.6) is 0 Å². The molecule has 0 aliphatic rings. The van der Waals surface area contributed by atoms with Crippen LogP contribution in [-0.4, -0.2) is 10.7 Å². The second kappa shape index (κ2) is 7.08. The molecule has 0 saturated heterocycles. The van der Waals surface area contributed by atoms with Gasteiger partial charge < -0.3 is 0 Å². The molecule has 1 aromatic heterocycles. The molecule has 0 N–H and O–H groups in total. The number of halogens is 4. The van der Waals surface area contributed by atoms with Crippen LogP contribution in [0.1, 0.15) is 10.4 Å². The fraction of sp³-hybridized carbons (Fsp3) is 0.286. The van der Waals surface area contributed by atoms with Gasteiger partial charge in [-0.3, -0.25) is 0 Å². The van der Waals surface area contributed by atoms with E-state index in [9.17, 15) is 0 Å². The van der Waals surface area contributed by atoms with Crippen LogP contribution in [0.25, 0.3) is 0 Å². The first kappa shape index (κ1) is 16.0. The molecule has 1 heterocycles. The third kappa shape index (κ3) is 3.85. The number of rotatable bonds is 5. The van der Waals surface area contributed by atoms with Crippen LogP contribution in [0.2, 0.25) is 5.02 Å². The van der Waals surface area contributed by atoms with Crippen LogP contribution in [0.3, 0.4) is 0 Å². The highest BCUT2D eigenvalue weighted by Crippen LogP contribution is 2.36. The first-order chi connectivity index (χ1) is 9.09. The molecular formula is C14H12Br3ClS. The lowest BCUT2D eigenvalue weighted by molar-refractivity contribution is 0.556. The van der Waals surface area contributed by atoms with Crippen LogP contribution in [0, 0.1) is 0 Å². The Morgan fingerprint density at radius 1 is 1.11 bits per heavy atom. The predicted molar refractivity (Wildman–Crippen MR) is 96.4 cm³/mol. The minimum atomic E-state index is 0.0230. The van der Waals surface area contributed by atoms with Crippen molar-refractivity contribution in [1.29, 1.82) is 0 Å². The maximum atomic E-state index is 6.14. The fourth-order valence-electron chi connectivity index (χ4n) is 1.99. The van der Waals surface area contributed by atoms with Crippen molar-refractivity contribution < 1.29 is 0 Å². The van der Waals surface area contributed by atoms with Gasteiger partial charge in [0.15, 0.2) is 0 Å². The molecule has 0 nitrogen and oxygen atoms in total.